The highest BCUT2D eigenvalue weighted by Crippen LogP contribution is 2.26. The molecule has 1 aromatic carbocycles. The van der Waals surface area contributed by atoms with E-state index in [0.29, 0.717) is 10.9 Å². The summed E-state index contributed by atoms with van der Waals surface area (Å²) in [5, 5.41) is 23.2. The van der Waals surface area contributed by atoms with Gasteiger partial charge in [0.05, 0.1) is 22.4 Å². The van der Waals surface area contributed by atoms with Crippen molar-refractivity contribution in [1.82, 2.24) is 10.3 Å². The molecule has 0 radical (unpaired) electrons. The predicted octanol–water partition coefficient (Wildman–Crippen LogP) is 2.70. The number of aromatic amines is 1. The third kappa shape index (κ3) is 3.37. The largest absolute Gasteiger partial charge is 0.481 e. The number of benzene rings is 1. The zero-order valence-corrected chi connectivity index (χ0v) is 13.6. The van der Waals surface area contributed by atoms with Crippen molar-refractivity contribution in [3.05, 3.63) is 40.1 Å². The predicted molar refractivity (Wildman–Crippen MR) is 87.9 cm³/mol. The van der Waals surface area contributed by atoms with E-state index in [4.69, 9.17) is 5.11 Å². The first kappa shape index (κ1) is 17.5. The van der Waals surface area contributed by atoms with E-state index in [2.05, 4.69) is 10.3 Å². The van der Waals surface area contributed by atoms with Crippen molar-refractivity contribution in [3.63, 3.8) is 0 Å². The highest BCUT2D eigenvalue weighted by molar-refractivity contribution is 6.07. The number of hydrogen-bond acceptors (Lipinski definition) is 4. The van der Waals surface area contributed by atoms with Gasteiger partial charge in [-0.05, 0) is 18.9 Å². The van der Waals surface area contributed by atoms with Crippen LogP contribution in [-0.2, 0) is 4.79 Å². The lowest BCUT2D eigenvalue weighted by Crippen LogP contribution is -2.51. The second-order valence-corrected chi connectivity index (χ2v) is 6.29. The summed E-state index contributed by atoms with van der Waals surface area (Å²) in [5.41, 5.74) is -0.220. The van der Waals surface area contributed by atoms with Crippen LogP contribution in [0.3, 0.4) is 0 Å². The van der Waals surface area contributed by atoms with Gasteiger partial charge in [0.1, 0.15) is 0 Å². The molecule has 0 aliphatic rings. The van der Waals surface area contributed by atoms with Gasteiger partial charge in [-0.2, -0.15) is 0 Å². The highest BCUT2D eigenvalue weighted by Gasteiger charge is 2.33. The lowest BCUT2D eigenvalue weighted by molar-refractivity contribution is -0.384. The number of carboxylic acids is 1. The quantitative estimate of drug-likeness (QED) is 0.553. The van der Waals surface area contributed by atoms with E-state index >= 15 is 0 Å². The molecule has 8 nitrogen and oxygen atoms in total. The Labute approximate surface area is 138 Å². The number of non-ortho nitro benzene ring substituents is 1. The van der Waals surface area contributed by atoms with Crippen molar-refractivity contribution in [1.29, 1.82) is 0 Å². The number of rotatable bonds is 6. The number of nitrogens with one attached hydrogen (secondary N) is 2. The van der Waals surface area contributed by atoms with Gasteiger partial charge in [-0.25, -0.2) is 0 Å². The number of nitro groups is 1. The van der Waals surface area contributed by atoms with E-state index in [-0.39, 0.29) is 23.6 Å². The molecule has 2 rings (SSSR count). The lowest BCUT2D eigenvalue weighted by Gasteiger charge is -2.33. The number of H-pyrrole nitrogens is 1. The normalized spacial score (nSPS) is 13.7. The van der Waals surface area contributed by atoms with E-state index < -0.39 is 22.3 Å². The van der Waals surface area contributed by atoms with Crippen molar-refractivity contribution in [2.45, 2.75) is 32.7 Å². The van der Waals surface area contributed by atoms with Gasteiger partial charge in [-0.1, -0.05) is 13.8 Å². The monoisotopic (exact) mass is 333 g/mol. The molecular weight excluding hydrogens is 314 g/mol. The first-order chi connectivity index (χ1) is 11.1. The summed E-state index contributed by atoms with van der Waals surface area (Å²) >= 11 is 0. The van der Waals surface area contributed by atoms with Gasteiger partial charge in [0, 0.05) is 29.2 Å². The van der Waals surface area contributed by atoms with Crippen LogP contribution in [0.15, 0.2) is 24.4 Å². The third-order valence-electron chi connectivity index (χ3n) is 4.31. The number of aromatic nitrogens is 1. The van der Waals surface area contributed by atoms with Crippen LogP contribution >= 0.6 is 0 Å². The smallest absolute Gasteiger partial charge is 0.305 e. The fourth-order valence-electron chi connectivity index (χ4n) is 2.44. The molecule has 1 amide bonds. The molecule has 0 fully saturated rings. The number of hydrogen-bond donors (Lipinski definition) is 3. The summed E-state index contributed by atoms with van der Waals surface area (Å²) in [4.78, 5) is 37.0. The minimum Gasteiger partial charge on any atom is -0.481 e. The van der Waals surface area contributed by atoms with Gasteiger partial charge >= 0.3 is 5.97 Å². The Morgan fingerprint density at radius 2 is 2.08 bits per heavy atom. The maximum atomic E-state index is 12.6. The summed E-state index contributed by atoms with van der Waals surface area (Å²) in [6.45, 7) is 5.31. The number of carbonyl (C=O) groups excluding carboxylic acids is 1. The van der Waals surface area contributed by atoms with Crippen LogP contribution in [0.2, 0.25) is 0 Å². The fourth-order valence-corrected chi connectivity index (χ4v) is 2.44. The molecule has 3 N–H and O–H groups in total. The molecule has 128 valence electrons. The molecule has 0 spiro atoms. The van der Waals surface area contributed by atoms with Gasteiger partial charge in [0.15, 0.2) is 0 Å². The molecular formula is C16H19N3O5. The van der Waals surface area contributed by atoms with Crippen LogP contribution in [-0.4, -0.2) is 32.4 Å². The van der Waals surface area contributed by atoms with E-state index in [1.807, 2.05) is 13.8 Å². The topological polar surface area (TPSA) is 125 Å². The summed E-state index contributed by atoms with van der Waals surface area (Å²) in [6.07, 6.45) is 1.24. The molecule has 0 aliphatic heterocycles. The van der Waals surface area contributed by atoms with Crippen molar-refractivity contribution in [3.8, 4) is 0 Å². The molecule has 1 heterocycles. The van der Waals surface area contributed by atoms with Crippen LogP contribution in [0.4, 0.5) is 5.69 Å². The van der Waals surface area contributed by atoms with E-state index in [1.54, 1.807) is 6.92 Å². The molecule has 0 bridgehead atoms. The first-order valence-corrected chi connectivity index (χ1v) is 7.44. The molecule has 2 aromatic rings. The number of amides is 1. The van der Waals surface area contributed by atoms with Crippen LogP contribution in [0.5, 0.6) is 0 Å². The van der Waals surface area contributed by atoms with Gasteiger partial charge < -0.3 is 15.4 Å². The summed E-state index contributed by atoms with van der Waals surface area (Å²) in [5.74, 6) is -1.60. The molecule has 0 saturated carbocycles. The molecule has 0 saturated heterocycles. The number of nitrogens with zero attached hydrogens (tertiary/aromatic N) is 1. The molecule has 24 heavy (non-hydrogen) atoms. The van der Waals surface area contributed by atoms with Crippen molar-refractivity contribution in [2.75, 3.05) is 0 Å². The lowest BCUT2D eigenvalue weighted by atomic mass is 9.85. The Balaban J connectivity index is 2.38. The van der Waals surface area contributed by atoms with Crippen molar-refractivity contribution >= 4 is 28.5 Å². The summed E-state index contributed by atoms with van der Waals surface area (Å²) in [6, 6.07) is 4.21. The zero-order chi connectivity index (χ0) is 18.1. The molecule has 1 aromatic heterocycles. The average molecular weight is 333 g/mol. The SMILES string of the molecule is CC(C)C(C)(CC(=O)O)NC(=O)c1c[nH]c2ccc([N+](=O)[O-])cc12. The van der Waals surface area contributed by atoms with Gasteiger partial charge in [0.2, 0.25) is 0 Å². The van der Waals surface area contributed by atoms with Crippen molar-refractivity contribution in [2.24, 2.45) is 5.92 Å². The number of fused-ring (bicyclic) bond motifs is 1. The minimum absolute atomic E-state index is 0.114. The van der Waals surface area contributed by atoms with Crippen LogP contribution in [0.1, 0.15) is 37.6 Å². The maximum absolute atomic E-state index is 12.6. The van der Waals surface area contributed by atoms with Crippen LogP contribution < -0.4 is 5.32 Å². The number of aliphatic carboxylic acids is 1. The van der Waals surface area contributed by atoms with Gasteiger partial charge in [-0.3, -0.25) is 19.7 Å². The number of carboxylic acid groups (broad SMARTS) is 1. The molecule has 1 atom stereocenters. The minimum atomic E-state index is -1.01. The molecule has 0 aliphatic carbocycles. The summed E-state index contributed by atoms with van der Waals surface area (Å²) < 4.78 is 0. The fraction of sp³-hybridized carbons (Fsp3) is 0.375. The van der Waals surface area contributed by atoms with Crippen molar-refractivity contribution < 1.29 is 19.6 Å². The van der Waals surface area contributed by atoms with Crippen LogP contribution in [0.25, 0.3) is 10.9 Å². The highest BCUT2D eigenvalue weighted by atomic mass is 16.6. The second-order valence-electron chi connectivity index (χ2n) is 6.29. The first-order valence-electron chi connectivity index (χ1n) is 7.44. The molecule has 8 heteroatoms. The third-order valence-corrected chi connectivity index (χ3v) is 4.31. The Morgan fingerprint density at radius 1 is 1.42 bits per heavy atom. The van der Waals surface area contributed by atoms with E-state index in [1.165, 1.54) is 24.4 Å². The standard InChI is InChI=1S/C16H19N3O5/c1-9(2)16(3,7-14(20)21)18-15(22)12-8-17-13-5-4-10(19(23)24)6-11(12)13/h4-6,8-9,17H,7H2,1-3H3,(H,18,22)(H,20,21). The molecule has 1 unspecified atom stereocenters. The van der Waals surface area contributed by atoms with E-state index in [9.17, 15) is 19.7 Å². The average Bonchev–Trinajstić information content (AvgIpc) is 2.88. The maximum Gasteiger partial charge on any atom is 0.305 e. The number of carbonyl (C=O) groups is 2. The Bertz CT molecular complexity index is 811. The second kappa shape index (κ2) is 6.31. The van der Waals surface area contributed by atoms with Gasteiger partial charge in [0.25, 0.3) is 11.6 Å². The zero-order valence-electron chi connectivity index (χ0n) is 13.6. The summed E-state index contributed by atoms with van der Waals surface area (Å²) in [7, 11) is 0. The van der Waals surface area contributed by atoms with Gasteiger partial charge in [-0.15, -0.1) is 0 Å². The Kier molecular flexibility index (Phi) is 4.59. The Morgan fingerprint density at radius 3 is 2.62 bits per heavy atom. The van der Waals surface area contributed by atoms with E-state index in [0.717, 1.165) is 0 Å². The number of nitro benzene ring substituents is 1. The van der Waals surface area contributed by atoms with Crippen LogP contribution in [0, 0.1) is 16.0 Å². The Hall–Kier alpha value is -2.90.